The molecule has 3 aliphatic rings. The highest BCUT2D eigenvalue weighted by atomic mass is 127. The summed E-state index contributed by atoms with van der Waals surface area (Å²) in [5.41, 5.74) is 3.37. The molecule has 1 N–H and O–H groups in total. The number of ether oxygens (including phenoxy) is 2. The SMILES string of the molecule is Cc1csc([C@@]2(CNC(=O)OCc3ccccc3)[C@@H]3CCN(c4cnc5c(I)nn(C6CCCCO6)c5n4)C[C@@H]32)n1. The van der Waals surface area contributed by atoms with Crippen LogP contribution in [0, 0.1) is 22.5 Å². The smallest absolute Gasteiger partial charge is 0.407 e. The first kappa shape index (κ1) is 27.0. The summed E-state index contributed by atoms with van der Waals surface area (Å²) < 4.78 is 14.3. The van der Waals surface area contributed by atoms with Crippen LogP contribution < -0.4 is 10.2 Å². The predicted molar refractivity (Wildman–Crippen MR) is 164 cm³/mol. The van der Waals surface area contributed by atoms with Gasteiger partial charge in [0.1, 0.15) is 22.9 Å². The lowest BCUT2D eigenvalue weighted by Gasteiger charge is -2.27. The van der Waals surface area contributed by atoms with Crippen molar-refractivity contribution in [3.63, 3.8) is 0 Å². The number of anilines is 1. The number of halogens is 1. The molecular weight excluding hydrogens is 653 g/mol. The van der Waals surface area contributed by atoms with Crippen molar-refractivity contribution in [1.29, 1.82) is 0 Å². The van der Waals surface area contributed by atoms with Crippen LogP contribution in [0.25, 0.3) is 11.2 Å². The maximum absolute atomic E-state index is 12.7. The monoisotopic (exact) mass is 685 g/mol. The molecule has 2 aliphatic heterocycles. The highest BCUT2D eigenvalue weighted by Gasteiger charge is 2.68. The Bertz CT molecular complexity index is 1560. The third-order valence-corrected chi connectivity index (χ3v) is 10.6. The van der Waals surface area contributed by atoms with E-state index in [1.54, 1.807) is 11.3 Å². The lowest BCUT2D eigenvalue weighted by Crippen LogP contribution is -2.35. The number of hydrogen-bond acceptors (Lipinski definition) is 9. The molecule has 4 atom stereocenters. The van der Waals surface area contributed by atoms with Crippen molar-refractivity contribution >= 4 is 57.0 Å². The molecule has 10 nitrogen and oxygen atoms in total. The van der Waals surface area contributed by atoms with Gasteiger partial charge in [-0.2, -0.15) is 5.10 Å². The molecule has 1 aliphatic carbocycles. The van der Waals surface area contributed by atoms with Crippen LogP contribution in [0.5, 0.6) is 0 Å². The Labute approximate surface area is 256 Å². The second kappa shape index (κ2) is 11.1. The predicted octanol–water partition coefficient (Wildman–Crippen LogP) is 5.22. The minimum absolute atomic E-state index is 0.0954. The van der Waals surface area contributed by atoms with Gasteiger partial charge in [-0.1, -0.05) is 30.3 Å². The first-order valence-corrected chi connectivity index (χ1v) is 16.1. The van der Waals surface area contributed by atoms with Crippen molar-refractivity contribution in [2.75, 3.05) is 31.1 Å². The lowest BCUT2D eigenvalue weighted by molar-refractivity contribution is -0.0372. The Morgan fingerprint density at radius 2 is 2.10 bits per heavy atom. The van der Waals surface area contributed by atoms with Crippen molar-refractivity contribution in [2.24, 2.45) is 11.8 Å². The number of aryl methyl sites for hydroxylation is 1. The molecule has 3 fully saturated rings. The number of thiazole rings is 1. The number of nitrogens with zero attached hydrogens (tertiary/aromatic N) is 6. The van der Waals surface area contributed by atoms with Gasteiger partial charge in [0, 0.05) is 42.7 Å². The summed E-state index contributed by atoms with van der Waals surface area (Å²) in [6, 6.07) is 9.74. The number of benzene rings is 1. The van der Waals surface area contributed by atoms with Gasteiger partial charge in [0.2, 0.25) is 0 Å². The van der Waals surface area contributed by atoms with Gasteiger partial charge < -0.3 is 19.7 Å². The molecule has 214 valence electrons. The summed E-state index contributed by atoms with van der Waals surface area (Å²) in [5.74, 6) is 1.65. The minimum atomic E-state index is -0.397. The van der Waals surface area contributed by atoms with E-state index in [-0.39, 0.29) is 18.2 Å². The van der Waals surface area contributed by atoms with Crippen molar-refractivity contribution in [2.45, 2.75) is 50.9 Å². The standard InChI is InChI=1S/C29H32IN7O3S/c1-18-16-41-27(33-18)29(17-32-28(38)40-15-19-7-3-2-4-8-19)20-10-11-36(14-21(20)29)22-13-31-24-25(30)35-37(26(24)34-22)23-9-5-6-12-39-23/h2-4,7-8,13,16,20-21,23H,5-6,9-12,14-15,17H2,1H3,(H,32,38)/t20-,21+,23?,29+/m1/s1. The molecule has 5 heterocycles. The van der Waals surface area contributed by atoms with Crippen molar-refractivity contribution in [3.05, 3.63) is 61.9 Å². The zero-order valence-electron chi connectivity index (χ0n) is 22.8. The molecule has 41 heavy (non-hydrogen) atoms. The van der Waals surface area contributed by atoms with Crippen LogP contribution in [0.1, 0.15) is 48.2 Å². The summed E-state index contributed by atoms with van der Waals surface area (Å²) >= 11 is 3.92. The van der Waals surface area contributed by atoms with Crippen molar-refractivity contribution < 1.29 is 14.3 Å². The topological polar surface area (TPSA) is 107 Å². The van der Waals surface area contributed by atoms with E-state index in [4.69, 9.17) is 29.5 Å². The Morgan fingerprint density at radius 1 is 1.22 bits per heavy atom. The number of piperidine rings is 1. The number of carbonyl (C=O) groups is 1. The van der Waals surface area contributed by atoms with E-state index in [9.17, 15) is 4.79 Å². The fourth-order valence-electron chi connectivity index (χ4n) is 6.54. The Balaban J connectivity index is 1.09. The number of hydrogen-bond donors (Lipinski definition) is 1. The van der Waals surface area contributed by atoms with Crippen LogP contribution in [0.4, 0.5) is 10.6 Å². The largest absolute Gasteiger partial charge is 0.445 e. The van der Waals surface area contributed by atoms with Crippen LogP contribution in [-0.2, 0) is 21.5 Å². The highest BCUT2D eigenvalue weighted by molar-refractivity contribution is 14.1. The molecule has 1 unspecified atom stereocenters. The Kier molecular flexibility index (Phi) is 7.32. The third-order valence-electron chi connectivity index (χ3n) is 8.68. The van der Waals surface area contributed by atoms with Gasteiger partial charge in [0.05, 0.1) is 6.20 Å². The summed E-state index contributed by atoms with van der Waals surface area (Å²) in [4.78, 5) is 29.8. The minimum Gasteiger partial charge on any atom is -0.445 e. The third kappa shape index (κ3) is 5.07. The molecular formula is C29H32IN7O3S. The van der Waals surface area contributed by atoms with Crippen LogP contribution in [0.3, 0.4) is 0 Å². The van der Waals surface area contributed by atoms with Gasteiger partial charge in [0.25, 0.3) is 0 Å². The van der Waals surface area contributed by atoms with Crippen LogP contribution >= 0.6 is 33.9 Å². The van der Waals surface area contributed by atoms with E-state index >= 15 is 0 Å². The van der Waals surface area contributed by atoms with E-state index in [2.05, 4.69) is 38.2 Å². The summed E-state index contributed by atoms with van der Waals surface area (Å²) in [7, 11) is 0. The Hall–Kier alpha value is -2.84. The van der Waals surface area contributed by atoms with E-state index in [0.717, 1.165) is 82.3 Å². The summed E-state index contributed by atoms with van der Waals surface area (Å²) in [5, 5.41) is 11.0. The highest BCUT2D eigenvalue weighted by Crippen LogP contribution is 2.63. The molecule has 1 saturated carbocycles. The average Bonchev–Trinajstić information content (AvgIpc) is 3.23. The average molecular weight is 686 g/mol. The summed E-state index contributed by atoms with van der Waals surface area (Å²) in [6.07, 6.45) is 5.51. The zero-order valence-corrected chi connectivity index (χ0v) is 25.8. The van der Waals surface area contributed by atoms with Gasteiger partial charge in [-0.3, -0.25) is 0 Å². The quantitative estimate of drug-likeness (QED) is 0.264. The first-order valence-electron chi connectivity index (χ1n) is 14.2. The van der Waals surface area contributed by atoms with E-state index < -0.39 is 6.09 Å². The molecule has 1 amide bonds. The van der Waals surface area contributed by atoms with Crippen molar-refractivity contribution in [1.82, 2.24) is 30.0 Å². The number of nitrogens with one attached hydrogen (secondary N) is 1. The second-order valence-corrected chi connectivity index (χ2v) is 13.0. The van der Waals surface area contributed by atoms with Crippen molar-refractivity contribution in [3.8, 4) is 0 Å². The second-order valence-electron chi connectivity index (χ2n) is 11.2. The van der Waals surface area contributed by atoms with Gasteiger partial charge in [-0.15, -0.1) is 11.3 Å². The molecule has 2 saturated heterocycles. The molecule has 7 rings (SSSR count). The number of aromatic nitrogens is 5. The maximum Gasteiger partial charge on any atom is 0.407 e. The molecule has 4 aromatic rings. The molecule has 12 heteroatoms. The van der Waals surface area contributed by atoms with Gasteiger partial charge >= 0.3 is 6.09 Å². The Morgan fingerprint density at radius 3 is 2.88 bits per heavy atom. The molecule has 3 aromatic heterocycles. The zero-order chi connectivity index (χ0) is 28.0. The maximum atomic E-state index is 12.7. The van der Waals surface area contributed by atoms with Gasteiger partial charge in [-0.05, 0) is 72.6 Å². The van der Waals surface area contributed by atoms with Crippen LogP contribution in [0.15, 0.2) is 41.9 Å². The van der Waals surface area contributed by atoms with Gasteiger partial charge in [0.15, 0.2) is 15.6 Å². The number of amides is 1. The number of rotatable bonds is 7. The number of alkyl carbamates (subject to hydrolysis) is 1. The molecule has 0 bridgehead atoms. The normalized spacial score (nSPS) is 25.6. The summed E-state index contributed by atoms with van der Waals surface area (Å²) in [6.45, 7) is 5.23. The van der Waals surface area contributed by atoms with E-state index in [0.29, 0.717) is 18.4 Å². The lowest BCUT2D eigenvalue weighted by atomic mass is 10.0. The number of fused-ring (bicyclic) bond motifs is 2. The fourth-order valence-corrected chi connectivity index (χ4v) is 8.27. The molecule has 0 spiro atoms. The van der Waals surface area contributed by atoms with Crippen LogP contribution in [0.2, 0.25) is 0 Å². The fraction of sp³-hybridized carbons (Fsp3) is 0.483. The first-order chi connectivity index (χ1) is 20.0. The van der Waals surface area contributed by atoms with Gasteiger partial charge in [-0.25, -0.2) is 24.4 Å². The molecule has 0 radical (unpaired) electrons. The van der Waals surface area contributed by atoms with E-state index in [1.165, 1.54) is 0 Å². The van der Waals surface area contributed by atoms with Crippen LogP contribution in [-0.4, -0.2) is 57.1 Å². The molecule has 1 aromatic carbocycles. The number of carbonyl (C=O) groups excluding carboxylic acids is 1. The van der Waals surface area contributed by atoms with E-state index in [1.807, 2.05) is 48.1 Å².